The maximum absolute atomic E-state index is 11.6. The zero-order valence-electron chi connectivity index (χ0n) is 16.1. The van der Waals surface area contributed by atoms with Gasteiger partial charge in [-0.2, -0.15) is 0 Å². The van der Waals surface area contributed by atoms with Gasteiger partial charge in [-0.25, -0.2) is 4.98 Å². The second-order valence-corrected chi connectivity index (χ2v) is 8.22. The van der Waals surface area contributed by atoms with Gasteiger partial charge in [0.1, 0.15) is 0 Å². The van der Waals surface area contributed by atoms with Gasteiger partial charge in [-0.05, 0) is 54.5 Å². The number of benzene rings is 1. The van der Waals surface area contributed by atoms with Crippen molar-refractivity contribution in [1.82, 2.24) is 15.6 Å². The van der Waals surface area contributed by atoms with Gasteiger partial charge in [0.15, 0.2) is 12.2 Å². The molecule has 1 heterocycles. The minimum absolute atomic E-state index is 0.242. The number of hydrogen-bond acceptors (Lipinski definition) is 4. The molecule has 0 saturated heterocycles. The number of allylic oxidation sites excluding steroid dienone is 3. The second-order valence-electron chi connectivity index (χ2n) is 7.33. The van der Waals surface area contributed by atoms with Gasteiger partial charge in [0.25, 0.3) is 0 Å². The van der Waals surface area contributed by atoms with Crippen LogP contribution in [0.15, 0.2) is 57.7 Å². The minimum atomic E-state index is 0.242. The molecule has 0 fully saturated rings. The first-order chi connectivity index (χ1) is 13.7. The molecule has 28 heavy (non-hydrogen) atoms. The van der Waals surface area contributed by atoms with Gasteiger partial charge >= 0.3 is 0 Å². The Morgan fingerprint density at radius 3 is 3.11 bits per heavy atom. The molecule has 0 aliphatic heterocycles. The molecule has 0 bridgehead atoms. The molecule has 0 radical (unpaired) electrons. The number of nitrogens with zero attached hydrogens (tertiary/aromatic N) is 2. The Balaban J connectivity index is 1.47. The van der Waals surface area contributed by atoms with Crippen LogP contribution in [0.5, 0.6) is 0 Å². The maximum Gasteiger partial charge on any atom is 0.196 e. The number of carbonyl (C=O) groups excluding carboxylic acids is 1. The van der Waals surface area contributed by atoms with E-state index in [0.717, 1.165) is 41.3 Å². The summed E-state index contributed by atoms with van der Waals surface area (Å²) in [6.45, 7) is 2.26. The van der Waals surface area contributed by atoms with Crippen molar-refractivity contribution < 1.29 is 4.79 Å². The van der Waals surface area contributed by atoms with Crippen LogP contribution in [0.25, 0.3) is 16.3 Å². The highest BCUT2D eigenvalue weighted by Gasteiger charge is 2.27. The summed E-state index contributed by atoms with van der Waals surface area (Å²) in [6.07, 6.45) is 10.5. The van der Waals surface area contributed by atoms with Crippen molar-refractivity contribution in [3.05, 3.63) is 58.3 Å². The van der Waals surface area contributed by atoms with Crippen molar-refractivity contribution in [1.29, 1.82) is 0 Å². The number of aliphatic imine (C=N–C) groups is 1. The number of aromatic nitrogens is 1. The summed E-state index contributed by atoms with van der Waals surface area (Å²) in [6, 6.07) is 6.21. The van der Waals surface area contributed by atoms with E-state index in [4.69, 9.17) is 0 Å². The summed E-state index contributed by atoms with van der Waals surface area (Å²) < 4.78 is 1.10. The van der Waals surface area contributed by atoms with Gasteiger partial charge in [-0.3, -0.25) is 9.79 Å². The van der Waals surface area contributed by atoms with Gasteiger partial charge < -0.3 is 10.6 Å². The van der Waals surface area contributed by atoms with Crippen LogP contribution >= 0.6 is 11.3 Å². The van der Waals surface area contributed by atoms with Crippen molar-refractivity contribution in [3.63, 3.8) is 0 Å². The lowest BCUT2D eigenvalue weighted by molar-refractivity contribution is -0.105. The molecule has 0 amide bonds. The summed E-state index contributed by atoms with van der Waals surface area (Å²) in [4.78, 5) is 20.2. The molecule has 0 spiro atoms. The topological polar surface area (TPSA) is 66.4 Å². The van der Waals surface area contributed by atoms with E-state index in [1.54, 1.807) is 24.0 Å². The lowest BCUT2D eigenvalue weighted by atomic mass is 9.92. The number of guanidine groups is 1. The lowest BCUT2D eigenvalue weighted by Gasteiger charge is -2.21. The van der Waals surface area contributed by atoms with E-state index in [1.807, 2.05) is 29.8 Å². The number of rotatable bonds is 4. The van der Waals surface area contributed by atoms with Crippen LogP contribution in [0, 0.1) is 5.92 Å². The highest BCUT2D eigenvalue weighted by atomic mass is 32.1. The van der Waals surface area contributed by atoms with E-state index in [0.29, 0.717) is 17.6 Å². The van der Waals surface area contributed by atoms with Crippen molar-refractivity contribution in [2.45, 2.75) is 32.2 Å². The van der Waals surface area contributed by atoms with Gasteiger partial charge in [0.2, 0.25) is 0 Å². The Labute approximate surface area is 169 Å². The molecule has 2 N–H and O–H groups in total. The summed E-state index contributed by atoms with van der Waals surface area (Å²) in [5, 5.41) is 6.63. The van der Waals surface area contributed by atoms with Crippen molar-refractivity contribution >= 4 is 39.9 Å². The Kier molecular flexibility index (Phi) is 5.39. The number of fused-ring (bicyclic) bond motifs is 1. The highest BCUT2D eigenvalue weighted by Crippen LogP contribution is 2.35. The van der Waals surface area contributed by atoms with Crippen molar-refractivity contribution in [3.8, 4) is 0 Å². The van der Waals surface area contributed by atoms with Crippen LogP contribution in [0.2, 0.25) is 0 Å². The maximum atomic E-state index is 11.6. The first-order valence-corrected chi connectivity index (χ1v) is 10.4. The Bertz CT molecular complexity index is 1010. The molecule has 1 aromatic carbocycles. The molecule has 4 rings (SSSR count). The first-order valence-electron chi connectivity index (χ1n) is 9.57. The Hall–Kier alpha value is -2.73. The van der Waals surface area contributed by atoms with E-state index in [9.17, 15) is 4.79 Å². The van der Waals surface area contributed by atoms with Crippen LogP contribution in [0.3, 0.4) is 0 Å². The number of nitrogens with one attached hydrogen (secondary N) is 2. The third-order valence-corrected chi connectivity index (χ3v) is 6.08. The smallest absolute Gasteiger partial charge is 0.196 e. The zero-order chi connectivity index (χ0) is 19.5. The predicted octanol–water partition coefficient (Wildman–Crippen LogP) is 4.06. The van der Waals surface area contributed by atoms with Crippen LogP contribution in [-0.4, -0.2) is 30.3 Å². The van der Waals surface area contributed by atoms with E-state index in [2.05, 4.69) is 39.7 Å². The van der Waals surface area contributed by atoms with Crippen molar-refractivity contribution in [2.24, 2.45) is 10.9 Å². The molecule has 144 valence electrons. The van der Waals surface area contributed by atoms with Gasteiger partial charge in [-0.1, -0.05) is 30.7 Å². The third kappa shape index (κ3) is 3.92. The Morgan fingerprint density at radius 1 is 1.39 bits per heavy atom. The number of hydrogen-bond donors (Lipinski definition) is 2. The quantitative estimate of drug-likeness (QED) is 0.356. The van der Waals surface area contributed by atoms with E-state index in [1.165, 1.54) is 5.57 Å². The molecule has 6 heteroatoms. The average molecular weight is 393 g/mol. The van der Waals surface area contributed by atoms with Gasteiger partial charge in [0, 0.05) is 7.05 Å². The Morgan fingerprint density at radius 2 is 2.29 bits per heavy atom. The molecule has 2 unspecified atom stereocenters. The minimum Gasteiger partial charge on any atom is -0.349 e. The molecular weight excluding hydrogens is 368 g/mol. The molecule has 0 saturated carbocycles. The van der Waals surface area contributed by atoms with Crippen molar-refractivity contribution in [2.75, 3.05) is 7.05 Å². The third-order valence-electron chi connectivity index (χ3n) is 5.29. The summed E-state index contributed by atoms with van der Waals surface area (Å²) in [7, 11) is 1.73. The predicted molar refractivity (Wildman–Crippen MR) is 116 cm³/mol. The first kappa shape index (κ1) is 18.6. The van der Waals surface area contributed by atoms with Crippen LogP contribution in [0.4, 0.5) is 0 Å². The number of aldehydes is 1. The number of carbonyl (C=O) groups is 1. The van der Waals surface area contributed by atoms with E-state index < -0.39 is 0 Å². The standard InChI is InChI=1S/C22H24N4OS/c1-14-3-6-18-16(9-14)5-8-19(18)26-22(23-2)25-17(12-27)10-15-4-7-20-21(11-15)28-13-24-20/h3-4,6-7,10-14,19H,5,8-9H2,1-2H3,(H2,23,25,26)/b17-10-. The average Bonchev–Trinajstić information content (AvgIpc) is 3.32. The molecule has 2 aliphatic rings. The van der Waals surface area contributed by atoms with Crippen LogP contribution < -0.4 is 10.6 Å². The summed E-state index contributed by atoms with van der Waals surface area (Å²) in [5.41, 5.74) is 7.16. The van der Waals surface area contributed by atoms with Gasteiger partial charge in [0.05, 0.1) is 27.5 Å². The largest absolute Gasteiger partial charge is 0.349 e. The lowest BCUT2D eigenvalue weighted by Crippen LogP contribution is -2.43. The second kappa shape index (κ2) is 8.10. The normalized spacial score (nSPS) is 22.5. The van der Waals surface area contributed by atoms with E-state index >= 15 is 0 Å². The highest BCUT2D eigenvalue weighted by molar-refractivity contribution is 7.16. The molecule has 2 aromatic rings. The molecule has 5 nitrogen and oxygen atoms in total. The van der Waals surface area contributed by atoms with Crippen LogP contribution in [-0.2, 0) is 4.79 Å². The van der Waals surface area contributed by atoms with Gasteiger partial charge in [-0.15, -0.1) is 11.3 Å². The molecule has 2 atom stereocenters. The number of thiazole rings is 1. The van der Waals surface area contributed by atoms with E-state index in [-0.39, 0.29) is 6.04 Å². The SMILES string of the molecule is CN=C(N/C(C=O)=C\c1ccc2ncsc2c1)NC1CCC2=C1C=CC(C)C2. The fraction of sp³-hybridized carbons (Fsp3) is 0.318. The fourth-order valence-electron chi connectivity index (χ4n) is 3.89. The molecule has 1 aromatic heterocycles. The molecule has 2 aliphatic carbocycles. The zero-order valence-corrected chi connectivity index (χ0v) is 16.9. The summed E-state index contributed by atoms with van der Waals surface area (Å²) >= 11 is 1.59. The van der Waals surface area contributed by atoms with Crippen LogP contribution in [0.1, 0.15) is 31.7 Å². The molecular formula is C22H24N4OS. The monoisotopic (exact) mass is 392 g/mol. The fourth-order valence-corrected chi connectivity index (χ4v) is 4.62. The summed E-state index contributed by atoms with van der Waals surface area (Å²) in [5.74, 6) is 1.23.